The van der Waals surface area contributed by atoms with Gasteiger partial charge in [-0.3, -0.25) is 4.79 Å². The van der Waals surface area contributed by atoms with Crippen molar-refractivity contribution < 1.29 is 14.3 Å². The van der Waals surface area contributed by atoms with Crippen LogP contribution in [0.25, 0.3) is 11.0 Å². The zero-order chi connectivity index (χ0) is 16.4. The smallest absolute Gasteiger partial charge is 0.227 e. The zero-order valence-corrected chi connectivity index (χ0v) is 14.0. The first-order valence-electron chi connectivity index (χ1n) is 8.42. The van der Waals surface area contributed by atoms with Crippen LogP contribution >= 0.6 is 0 Å². The zero-order valence-electron chi connectivity index (χ0n) is 14.0. The molecule has 1 aromatic heterocycles. The van der Waals surface area contributed by atoms with E-state index < -0.39 is 0 Å². The Bertz CT molecular complexity index is 690. The molecule has 0 bridgehead atoms. The van der Waals surface area contributed by atoms with Gasteiger partial charge in [0.15, 0.2) is 0 Å². The van der Waals surface area contributed by atoms with Gasteiger partial charge in [0.25, 0.3) is 0 Å². The molecule has 1 aliphatic rings. The van der Waals surface area contributed by atoms with E-state index in [4.69, 9.17) is 4.42 Å². The number of furan rings is 1. The number of likely N-dealkylation sites (tertiary alicyclic amines) is 1. The Kier molecular flexibility index (Phi) is 4.44. The van der Waals surface area contributed by atoms with E-state index in [-0.39, 0.29) is 17.9 Å². The van der Waals surface area contributed by atoms with Gasteiger partial charge in [-0.15, -0.1) is 0 Å². The van der Waals surface area contributed by atoms with Crippen LogP contribution in [0.5, 0.6) is 0 Å². The van der Waals surface area contributed by atoms with Gasteiger partial charge in [-0.2, -0.15) is 0 Å². The van der Waals surface area contributed by atoms with Gasteiger partial charge < -0.3 is 14.4 Å². The second-order valence-electron chi connectivity index (χ2n) is 6.83. The number of carbonyl (C=O) groups is 1. The predicted molar refractivity (Wildman–Crippen MR) is 90.3 cm³/mol. The lowest BCUT2D eigenvalue weighted by Crippen LogP contribution is -2.44. The molecule has 0 spiro atoms. The maximum atomic E-state index is 12.6. The minimum Gasteiger partial charge on any atom is -0.464 e. The predicted octanol–water partition coefficient (Wildman–Crippen LogP) is 3.29. The number of aliphatic hydroxyl groups is 1. The van der Waals surface area contributed by atoms with Crippen LogP contribution in [0.4, 0.5) is 0 Å². The fraction of sp³-hybridized carbons (Fsp3) is 0.526. The van der Waals surface area contributed by atoms with Gasteiger partial charge in [-0.05, 0) is 43.2 Å². The van der Waals surface area contributed by atoms with Crippen molar-refractivity contribution >= 4 is 16.9 Å². The van der Waals surface area contributed by atoms with E-state index >= 15 is 0 Å². The molecular weight excluding hydrogens is 290 g/mol. The van der Waals surface area contributed by atoms with Crippen LogP contribution in [0.2, 0.25) is 0 Å². The Labute approximate surface area is 137 Å². The molecule has 1 saturated heterocycles. The molecule has 0 atom stereocenters. The van der Waals surface area contributed by atoms with Crippen LogP contribution in [-0.2, 0) is 11.2 Å². The summed E-state index contributed by atoms with van der Waals surface area (Å²) in [6.07, 6.45) is 4.83. The summed E-state index contributed by atoms with van der Waals surface area (Å²) in [6.45, 7) is 5.84. The van der Waals surface area contributed by atoms with Gasteiger partial charge in [0.1, 0.15) is 5.58 Å². The van der Waals surface area contributed by atoms with Gasteiger partial charge >= 0.3 is 0 Å². The largest absolute Gasteiger partial charge is 0.464 e. The first-order chi connectivity index (χ1) is 11.1. The van der Waals surface area contributed by atoms with Crippen LogP contribution in [0.3, 0.4) is 0 Å². The quantitative estimate of drug-likeness (QED) is 0.942. The maximum Gasteiger partial charge on any atom is 0.227 e. The van der Waals surface area contributed by atoms with Crippen molar-refractivity contribution in [2.24, 2.45) is 5.41 Å². The first-order valence-corrected chi connectivity index (χ1v) is 8.42. The molecule has 2 heterocycles. The number of amides is 1. The normalized spacial score (nSPS) is 17.6. The van der Waals surface area contributed by atoms with E-state index in [0.717, 1.165) is 54.4 Å². The molecule has 0 unspecified atom stereocenters. The number of aliphatic hydroxyl groups excluding tert-OH is 1. The van der Waals surface area contributed by atoms with Crippen molar-refractivity contribution in [3.8, 4) is 0 Å². The molecule has 0 saturated carbocycles. The number of hydrogen-bond donors (Lipinski definition) is 1. The lowest BCUT2D eigenvalue weighted by molar-refractivity contribution is -0.133. The van der Waals surface area contributed by atoms with E-state index in [1.807, 2.05) is 30.0 Å². The van der Waals surface area contributed by atoms with E-state index in [1.54, 1.807) is 6.26 Å². The molecule has 2 aromatic rings. The SMILES string of the molecule is CCC1(CO)CCN(C(=O)Cc2coc3cc(C)ccc23)CC1. The number of piperidine rings is 1. The fourth-order valence-electron chi connectivity index (χ4n) is 3.46. The third kappa shape index (κ3) is 3.13. The highest BCUT2D eigenvalue weighted by Gasteiger charge is 2.33. The number of benzene rings is 1. The molecule has 1 fully saturated rings. The topological polar surface area (TPSA) is 53.7 Å². The molecule has 23 heavy (non-hydrogen) atoms. The van der Waals surface area contributed by atoms with Gasteiger partial charge in [-0.1, -0.05) is 19.1 Å². The van der Waals surface area contributed by atoms with Gasteiger partial charge in [0.05, 0.1) is 12.7 Å². The first kappa shape index (κ1) is 16.1. The fourth-order valence-corrected chi connectivity index (χ4v) is 3.46. The highest BCUT2D eigenvalue weighted by atomic mass is 16.3. The molecule has 0 radical (unpaired) electrons. The molecule has 3 rings (SSSR count). The van der Waals surface area contributed by atoms with E-state index in [2.05, 4.69) is 6.92 Å². The van der Waals surface area contributed by atoms with Crippen molar-refractivity contribution in [2.45, 2.75) is 39.5 Å². The lowest BCUT2D eigenvalue weighted by atomic mass is 9.77. The van der Waals surface area contributed by atoms with Gasteiger partial charge in [0.2, 0.25) is 5.91 Å². The minimum atomic E-state index is 0.0106. The van der Waals surface area contributed by atoms with Crippen molar-refractivity contribution in [2.75, 3.05) is 19.7 Å². The molecule has 1 aromatic carbocycles. The molecule has 4 nitrogen and oxygen atoms in total. The van der Waals surface area contributed by atoms with Gasteiger partial charge in [-0.25, -0.2) is 0 Å². The summed E-state index contributed by atoms with van der Waals surface area (Å²) >= 11 is 0. The Morgan fingerprint density at radius 3 is 2.74 bits per heavy atom. The lowest BCUT2D eigenvalue weighted by Gasteiger charge is -2.40. The molecule has 1 N–H and O–H groups in total. The third-order valence-corrected chi connectivity index (χ3v) is 5.42. The van der Waals surface area contributed by atoms with Crippen molar-refractivity contribution in [1.29, 1.82) is 0 Å². The van der Waals surface area contributed by atoms with Crippen molar-refractivity contribution in [3.63, 3.8) is 0 Å². The maximum absolute atomic E-state index is 12.6. The summed E-state index contributed by atoms with van der Waals surface area (Å²) in [7, 11) is 0. The van der Waals surface area contributed by atoms with Crippen LogP contribution in [0.15, 0.2) is 28.9 Å². The van der Waals surface area contributed by atoms with E-state index in [1.165, 1.54) is 0 Å². The number of carbonyl (C=O) groups excluding carboxylic acids is 1. The second-order valence-corrected chi connectivity index (χ2v) is 6.83. The number of fused-ring (bicyclic) bond motifs is 1. The Hall–Kier alpha value is -1.81. The summed E-state index contributed by atoms with van der Waals surface area (Å²) in [6, 6.07) is 6.07. The molecular formula is C19H25NO3. The molecule has 0 aliphatic carbocycles. The molecule has 1 aliphatic heterocycles. The van der Waals surface area contributed by atoms with Crippen molar-refractivity contribution in [3.05, 3.63) is 35.6 Å². The Morgan fingerprint density at radius 2 is 2.09 bits per heavy atom. The van der Waals surface area contributed by atoms with Crippen LogP contribution in [0, 0.1) is 12.3 Å². The van der Waals surface area contributed by atoms with Crippen LogP contribution in [-0.4, -0.2) is 35.6 Å². The van der Waals surface area contributed by atoms with Crippen molar-refractivity contribution in [1.82, 2.24) is 4.90 Å². The van der Waals surface area contributed by atoms with Crippen LogP contribution in [0.1, 0.15) is 37.3 Å². The molecule has 4 heteroatoms. The monoisotopic (exact) mass is 315 g/mol. The highest BCUT2D eigenvalue weighted by molar-refractivity contribution is 5.88. The highest BCUT2D eigenvalue weighted by Crippen LogP contribution is 2.34. The Morgan fingerprint density at radius 1 is 1.35 bits per heavy atom. The number of rotatable bonds is 4. The summed E-state index contributed by atoms with van der Waals surface area (Å²) in [5, 5.41) is 10.6. The summed E-state index contributed by atoms with van der Waals surface area (Å²) < 4.78 is 5.58. The van der Waals surface area contributed by atoms with E-state index in [9.17, 15) is 9.90 Å². The molecule has 1 amide bonds. The van der Waals surface area contributed by atoms with E-state index in [0.29, 0.717) is 6.42 Å². The van der Waals surface area contributed by atoms with Crippen LogP contribution < -0.4 is 0 Å². The summed E-state index contributed by atoms with van der Waals surface area (Å²) in [5.41, 5.74) is 2.97. The molecule has 124 valence electrons. The number of hydrogen-bond acceptors (Lipinski definition) is 3. The average molecular weight is 315 g/mol. The number of aryl methyl sites for hydroxylation is 1. The Balaban J connectivity index is 1.67. The number of nitrogens with zero attached hydrogens (tertiary/aromatic N) is 1. The third-order valence-electron chi connectivity index (χ3n) is 5.42. The average Bonchev–Trinajstić information content (AvgIpc) is 2.96. The second kappa shape index (κ2) is 6.36. The standard InChI is InChI=1S/C19H25NO3/c1-3-19(13-21)6-8-20(9-7-19)18(22)11-15-12-23-17-10-14(2)4-5-16(15)17/h4-5,10,12,21H,3,6-9,11,13H2,1-2H3. The summed E-state index contributed by atoms with van der Waals surface area (Å²) in [5.74, 6) is 0.149. The minimum absolute atomic E-state index is 0.0106. The summed E-state index contributed by atoms with van der Waals surface area (Å²) in [4.78, 5) is 14.5. The van der Waals surface area contributed by atoms with Gasteiger partial charge in [0, 0.05) is 30.6 Å².